The summed E-state index contributed by atoms with van der Waals surface area (Å²) in [6.45, 7) is 6.01. The summed E-state index contributed by atoms with van der Waals surface area (Å²) in [6.07, 6.45) is 9.90. The van der Waals surface area contributed by atoms with E-state index in [0.717, 1.165) is 69.5 Å². The van der Waals surface area contributed by atoms with E-state index in [4.69, 9.17) is 0 Å². The SMILES string of the molecule is CN=C(NCCCCn1ccnc1C)N1CCC(c2ncn[nH]2)CC1. The highest BCUT2D eigenvalue weighted by Gasteiger charge is 2.24. The molecule has 8 heteroatoms. The van der Waals surface area contributed by atoms with Crippen molar-refractivity contribution in [3.05, 3.63) is 30.4 Å². The average Bonchev–Trinajstić information content (AvgIpc) is 3.31. The van der Waals surface area contributed by atoms with E-state index in [1.165, 1.54) is 0 Å². The molecular weight excluding hydrogens is 316 g/mol. The number of hydrogen-bond donors (Lipinski definition) is 2. The first kappa shape index (κ1) is 17.4. The van der Waals surface area contributed by atoms with Gasteiger partial charge in [-0.3, -0.25) is 10.1 Å². The molecule has 1 fully saturated rings. The molecule has 0 aliphatic carbocycles. The van der Waals surface area contributed by atoms with Crippen LogP contribution in [0.15, 0.2) is 23.7 Å². The predicted molar refractivity (Wildman–Crippen MR) is 97.5 cm³/mol. The zero-order valence-corrected chi connectivity index (χ0v) is 15.1. The van der Waals surface area contributed by atoms with Gasteiger partial charge in [-0.2, -0.15) is 5.10 Å². The highest BCUT2D eigenvalue weighted by molar-refractivity contribution is 5.79. The topological polar surface area (TPSA) is 87.0 Å². The number of aliphatic imine (C=N–C) groups is 1. The van der Waals surface area contributed by atoms with Gasteiger partial charge in [-0.15, -0.1) is 0 Å². The molecule has 0 spiro atoms. The lowest BCUT2D eigenvalue weighted by molar-refractivity contribution is 0.298. The molecule has 25 heavy (non-hydrogen) atoms. The normalized spacial score (nSPS) is 16.4. The van der Waals surface area contributed by atoms with Crippen LogP contribution in [0.5, 0.6) is 0 Å². The van der Waals surface area contributed by atoms with E-state index in [0.29, 0.717) is 5.92 Å². The van der Waals surface area contributed by atoms with Crippen molar-refractivity contribution >= 4 is 5.96 Å². The maximum Gasteiger partial charge on any atom is 0.193 e. The van der Waals surface area contributed by atoms with E-state index in [-0.39, 0.29) is 0 Å². The molecule has 0 bridgehead atoms. The molecule has 3 rings (SSSR count). The van der Waals surface area contributed by atoms with Crippen molar-refractivity contribution in [3.63, 3.8) is 0 Å². The van der Waals surface area contributed by atoms with Crippen LogP contribution in [0, 0.1) is 6.92 Å². The summed E-state index contributed by atoms with van der Waals surface area (Å²) >= 11 is 0. The highest BCUT2D eigenvalue weighted by Crippen LogP contribution is 2.24. The zero-order chi connectivity index (χ0) is 17.5. The van der Waals surface area contributed by atoms with Gasteiger partial charge in [0.05, 0.1) is 0 Å². The molecule has 2 aromatic heterocycles. The zero-order valence-electron chi connectivity index (χ0n) is 15.1. The average molecular weight is 344 g/mol. The summed E-state index contributed by atoms with van der Waals surface area (Å²) in [4.78, 5) is 15.3. The number of aryl methyl sites for hydroxylation is 2. The molecule has 1 saturated heterocycles. The van der Waals surface area contributed by atoms with E-state index in [1.54, 1.807) is 6.33 Å². The van der Waals surface area contributed by atoms with Crippen LogP contribution in [0.3, 0.4) is 0 Å². The first-order valence-electron chi connectivity index (χ1n) is 9.06. The maximum absolute atomic E-state index is 4.44. The smallest absolute Gasteiger partial charge is 0.193 e. The van der Waals surface area contributed by atoms with Crippen LogP contribution in [-0.2, 0) is 6.54 Å². The third-order valence-corrected chi connectivity index (χ3v) is 4.86. The Hall–Kier alpha value is -2.38. The van der Waals surface area contributed by atoms with Crippen molar-refractivity contribution in [1.82, 2.24) is 34.9 Å². The van der Waals surface area contributed by atoms with E-state index in [9.17, 15) is 0 Å². The number of guanidine groups is 1. The number of nitrogens with zero attached hydrogens (tertiary/aromatic N) is 6. The van der Waals surface area contributed by atoms with Gasteiger partial charge in [0, 0.05) is 51.5 Å². The lowest BCUT2D eigenvalue weighted by Gasteiger charge is -2.33. The van der Waals surface area contributed by atoms with Crippen molar-refractivity contribution in [2.24, 2.45) is 4.99 Å². The number of likely N-dealkylation sites (tertiary alicyclic amines) is 1. The fourth-order valence-electron chi connectivity index (χ4n) is 3.36. The van der Waals surface area contributed by atoms with Gasteiger partial charge < -0.3 is 14.8 Å². The summed E-state index contributed by atoms with van der Waals surface area (Å²) in [5.41, 5.74) is 0. The number of H-pyrrole nitrogens is 1. The Morgan fingerprint density at radius 3 is 2.80 bits per heavy atom. The van der Waals surface area contributed by atoms with Crippen LogP contribution < -0.4 is 5.32 Å². The summed E-state index contributed by atoms with van der Waals surface area (Å²) in [7, 11) is 1.86. The molecule has 0 saturated carbocycles. The van der Waals surface area contributed by atoms with Gasteiger partial charge in [0.1, 0.15) is 18.0 Å². The Kier molecular flexibility index (Phi) is 6.03. The van der Waals surface area contributed by atoms with Crippen molar-refractivity contribution < 1.29 is 0 Å². The molecule has 8 nitrogen and oxygen atoms in total. The fourth-order valence-corrected chi connectivity index (χ4v) is 3.36. The van der Waals surface area contributed by atoms with E-state index >= 15 is 0 Å². The van der Waals surface area contributed by atoms with Gasteiger partial charge in [-0.25, -0.2) is 9.97 Å². The number of piperidine rings is 1. The standard InChI is InChI=1S/C17H28N8/c1-14-19-8-12-24(14)9-4-3-7-20-17(18-2)25-10-5-15(6-11-25)16-21-13-22-23-16/h8,12-13,15H,3-7,9-11H2,1-2H3,(H,18,20)(H,21,22,23). The molecule has 0 aromatic carbocycles. The maximum atomic E-state index is 4.44. The number of unbranched alkanes of at least 4 members (excludes halogenated alkanes) is 1. The molecule has 0 unspecified atom stereocenters. The molecule has 1 aliphatic rings. The van der Waals surface area contributed by atoms with Gasteiger partial charge in [0.2, 0.25) is 0 Å². The second kappa shape index (κ2) is 8.64. The molecule has 136 valence electrons. The van der Waals surface area contributed by atoms with Crippen molar-refractivity contribution in [2.75, 3.05) is 26.7 Å². The Morgan fingerprint density at radius 1 is 1.32 bits per heavy atom. The van der Waals surface area contributed by atoms with Gasteiger partial charge in [0.25, 0.3) is 0 Å². The van der Waals surface area contributed by atoms with Gasteiger partial charge in [-0.1, -0.05) is 0 Å². The van der Waals surface area contributed by atoms with Gasteiger partial charge in [-0.05, 0) is 32.6 Å². The van der Waals surface area contributed by atoms with Gasteiger partial charge in [0.15, 0.2) is 5.96 Å². The van der Waals surface area contributed by atoms with Crippen LogP contribution in [0.25, 0.3) is 0 Å². The van der Waals surface area contributed by atoms with Crippen LogP contribution in [0.4, 0.5) is 0 Å². The second-order valence-electron chi connectivity index (χ2n) is 6.48. The molecule has 0 radical (unpaired) electrons. The van der Waals surface area contributed by atoms with Crippen LogP contribution >= 0.6 is 0 Å². The lowest BCUT2D eigenvalue weighted by atomic mass is 9.96. The first-order valence-corrected chi connectivity index (χ1v) is 9.06. The first-order chi connectivity index (χ1) is 12.3. The highest BCUT2D eigenvalue weighted by atomic mass is 15.3. The minimum Gasteiger partial charge on any atom is -0.356 e. The van der Waals surface area contributed by atoms with Crippen LogP contribution in [0.1, 0.15) is 43.3 Å². The monoisotopic (exact) mass is 344 g/mol. The molecule has 3 heterocycles. The number of imidazole rings is 1. The predicted octanol–water partition coefficient (Wildman–Crippen LogP) is 1.54. The van der Waals surface area contributed by atoms with Gasteiger partial charge >= 0.3 is 0 Å². The number of aromatic amines is 1. The second-order valence-corrected chi connectivity index (χ2v) is 6.48. The Morgan fingerprint density at radius 2 is 2.16 bits per heavy atom. The summed E-state index contributed by atoms with van der Waals surface area (Å²) in [5.74, 6) is 3.58. The van der Waals surface area contributed by atoms with Crippen LogP contribution in [-0.4, -0.2) is 62.3 Å². The molecule has 1 aliphatic heterocycles. The van der Waals surface area contributed by atoms with Crippen molar-refractivity contribution in [1.29, 1.82) is 0 Å². The molecule has 0 amide bonds. The quantitative estimate of drug-likeness (QED) is 0.472. The van der Waals surface area contributed by atoms with Crippen molar-refractivity contribution in [3.8, 4) is 0 Å². The molecule has 2 N–H and O–H groups in total. The molecule has 0 atom stereocenters. The number of rotatable bonds is 6. The van der Waals surface area contributed by atoms with Crippen molar-refractivity contribution in [2.45, 2.75) is 45.1 Å². The third-order valence-electron chi connectivity index (χ3n) is 4.86. The van der Waals surface area contributed by atoms with E-state index < -0.39 is 0 Å². The summed E-state index contributed by atoms with van der Waals surface area (Å²) in [5, 5.41) is 10.5. The van der Waals surface area contributed by atoms with E-state index in [1.807, 2.05) is 26.4 Å². The lowest BCUT2D eigenvalue weighted by Crippen LogP contribution is -2.45. The number of aromatic nitrogens is 5. The number of nitrogens with one attached hydrogen (secondary N) is 2. The molecule has 2 aromatic rings. The number of hydrogen-bond acceptors (Lipinski definition) is 4. The summed E-state index contributed by atoms with van der Waals surface area (Å²) < 4.78 is 2.20. The fraction of sp³-hybridized carbons (Fsp3) is 0.647. The van der Waals surface area contributed by atoms with Crippen LogP contribution in [0.2, 0.25) is 0 Å². The third kappa shape index (κ3) is 4.58. The largest absolute Gasteiger partial charge is 0.356 e. The summed E-state index contributed by atoms with van der Waals surface area (Å²) in [6, 6.07) is 0. The van der Waals surface area contributed by atoms with E-state index in [2.05, 4.69) is 39.9 Å². The Balaban J connectivity index is 1.36. The Labute approximate surface area is 148 Å². The minimum atomic E-state index is 0.482. The Bertz CT molecular complexity index is 652. The molecular formula is C17H28N8. The minimum absolute atomic E-state index is 0.482.